The summed E-state index contributed by atoms with van der Waals surface area (Å²) in [6, 6.07) is 10.9. The predicted octanol–water partition coefficient (Wildman–Crippen LogP) is 3.86. The van der Waals surface area contributed by atoms with Crippen molar-refractivity contribution in [1.82, 2.24) is 14.8 Å². The highest BCUT2D eigenvalue weighted by Crippen LogP contribution is 2.49. The van der Waals surface area contributed by atoms with Gasteiger partial charge in [-0.15, -0.1) is 0 Å². The molecule has 8 heteroatoms. The summed E-state index contributed by atoms with van der Waals surface area (Å²) < 4.78 is 18.8. The van der Waals surface area contributed by atoms with Crippen LogP contribution in [0.3, 0.4) is 0 Å². The van der Waals surface area contributed by atoms with E-state index in [0.717, 1.165) is 47.9 Å². The van der Waals surface area contributed by atoms with Crippen molar-refractivity contribution in [2.24, 2.45) is 5.92 Å². The Kier molecular flexibility index (Phi) is 5.04. The third kappa shape index (κ3) is 3.52. The topological polar surface area (TPSA) is 80.8 Å². The van der Waals surface area contributed by atoms with Gasteiger partial charge in [-0.1, -0.05) is 0 Å². The van der Waals surface area contributed by atoms with E-state index in [0.29, 0.717) is 12.2 Å². The lowest BCUT2D eigenvalue weighted by molar-refractivity contribution is 0.0109. The number of H-pyrrole nitrogens is 1. The number of nitrogens with zero attached hydrogens (tertiary/aromatic N) is 2. The lowest BCUT2D eigenvalue weighted by atomic mass is 9.68. The van der Waals surface area contributed by atoms with Crippen molar-refractivity contribution in [3.8, 4) is 5.75 Å². The van der Waals surface area contributed by atoms with Crippen LogP contribution in [0.4, 0.5) is 14.9 Å². The van der Waals surface area contributed by atoms with Crippen LogP contribution in [0.15, 0.2) is 42.5 Å². The summed E-state index contributed by atoms with van der Waals surface area (Å²) in [6.07, 6.45) is 2.61. The van der Waals surface area contributed by atoms with E-state index in [1.807, 2.05) is 12.1 Å². The number of fused-ring (bicyclic) bond motifs is 4. The number of nitrogens with one attached hydrogen (secondary N) is 2. The number of halogens is 1. The summed E-state index contributed by atoms with van der Waals surface area (Å²) in [6.45, 7) is 3.19. The Labute approximate surface area is 197 Å². The molecule has 0 radical (unpaired) electrons. The van der Waals surface area contributed by atoms with Gasteiger partial charge in [0.05, 0.1) is 19.8 Å². The summed E-state index contributed by atoms with van der Waals surface area (Å²) in [4.78, 5) is 21.1. The third-order valence-corrected chi connectivity index (χ3v) is 7.54. The van der Waals surface area contributed by atoms with Crippen LogP contribution < -0.4 is 10.1 Å². The number of aromatic amines is 1. The summed E-state index contributed by atoms with van der Waals surface area (Å²) in [5.74, 6) is 1.21. The average Bonchev–Trinajstić information content (AvgIpc) is 3.55. The monoisotopic (exact) mass is 464 g/mol. The summed E-state index contributed by atoms with van der Waals surface area (Å²) in [7, 11) is 1.64. The third-order valence-electron chi connectivity index (χ3n) is 7.54. The highest BCUT2D eigenvalue weighted by molar-refractivity contribution is 5.92. The fourth-order valence-corrected chi connectivity index (χ4v) is 5.81. The van der Waals surface area contributed by atoms with Gasteiger partial charge in [-0.05, 0) is 60.7 Å². The first-order valence-corrected chi connectivity index (χ1v) is 11.9. The van der Waals surface area contributed by atoms with E-state index in [2.05, 4.69) is 21.3 Å². The zero-order valence-electron chi connectivity index (χ0n) is 19.2. The number of amides is 2. The number of aliphatic hydroxyl groups excluding tert-OH is 1. The maximum atomic E-state index is 13.4. The zero-order valence-corrected chi connectivity index (χ0v) is 19.2. The number of urea groups is 1. The molecule has 3 aliphatic rings. The predicted molar refractivity (Wildman–Crippen MR) is 128 cm³/mol. The number of carbonyl (C=O) groups is 1. The van der Waals surface area contributed by atoms with E-state index in [9.17, 15) is 14.3 Å². The first-order valence-electron chi connectivity index (χ1n) is 11.9. The van der Waals surface area contributed by atoms with Gasteiger partial charge in [0.25, 0.3) is 0 Å². The van der Waals surface area contributed by atoms with Crippen molar-refractivity contribution >= 4 is 22.6 Å². The van der Waals surface area contributed by atoms with Gasteiger partial charge in [0.15, 0.2) is 0 Å². The molecule has 1 aliphatic carbocycles. The molecule has 1 atom stereocenters. The molecular weight excluding hydrogens is 435 g/mol. The van der Waals surface area contributed by atoms with Crippen molar-refractivity contribution in [2.75, 3.05) is 45.2 Å². The largest absolute Gasteiger partial charge is 0.497 e. The van der Waals surface area contributed by atoms with E-state index in [4.69, 9.17) is 4.74 Å². The fourth-order valence-electron chi connectivity index (χ4n) is 5.81. The van der Waals surface area contributed by atoms with Crippen LogP contribution in [0.1, 0.15) is 30.1 Å². The van der Waals surface area contributed by atoms with Crippen LogP contribution in [-0.2, 0) is 5.41 Å². The highest BCUT2D eigenvalue weighted by atomic mass is 19.1. The molecule has 3 N–H and O–H groups in total. The maximum absolute atomic E-state index is 13.4. The Morgan fingerprint density at radius 1 is 1.21 bits per heavy atom. The molecule has 1 spiro atoms. The molecule has 2 amide bonds. The maximum Gasteiger partial charge on any atom is 0.322 e. The molecule has 6 rings (SSSR count). The van der Waals surface area contributed by atoms with E-state index in [1.165, 1.54) is 30.5 Å². The first-order chi connectivity index (χ1) is 16.5. The van der Waals surface area contributed by atoms with Crippen LogP contribution in [0, 0.1) is 11.7 Å². The molecule has 2 aliphatic heterocycles. The molecule has 0 unspecified atom stereocenters. The van der Waals surface area contributed by atoms with Gasteiger partial charge >= 0.3 is 6.03 Å². The van der Waals surface area contributed by atoms with E-state index in [-0.39, 0.29) is 23.9 Å². The second kappa shape index (κ2) is 7.99. The smallest absolute Gasteiger partial charge is 0.322 e. The number of hydrogen-bond donors (Lipinski definition) is 3. The minimum atomic E-state index is -0.503. The number of rotatable bonds is 5. The molecule has 2 aromatic carbocycles. The molecule has 1 saturated heterocycles. The Morgan fingerprint density at radius 3 is 2.65 bits per heavy atom. The van der Waals surface area contributed by atoms with Crippen molar-refractivity contribution < 1.29 is 19.0 Å². The molecule has 0 bridgehead atoms. The van der Waals surface area contributed by atoms with Crippen LogP contribution in [0.2, 0.25) is 0 Å². The number of hydrogen-bond acceptors (Lipinski definition) is 4. The summed E-state index contributed by atoms with van der Waals surface area (Å²) in [5.41, 5.74) is 3.36. The van der Waals surface area contributed by atoms with Gasteiger partial charge < -0.3 is 29.9 Å². The van der Waals surface area contributed by atoms with Crippen LogP contribution in [0.5, 0.6) is 5.75 Å². The van der Waals surface area contributed by atoms with Crippen molar-refractivity contribution in [3.63, 3.8) is 0 Å². The zero-order chi connectivity index (χ0) is 23.4. The Balaban J connectivity index is 1.38. The van der Waals surface area contributed by atoms with Gasteiger partial charge in [0.2, 0.25) is 0 Å². The number of methoxy groups -OCH3 is 1. The fraction of sp³-hybridized carbons (Fsp3) is 0.423. The summed E-state index contributed by atoms with van der Waals surface area (Å²) >= 11 is 0. The molecule has 34 heavy (non-hydrogen) atoms. The number of benzene rings is 2. The minimum absolute atomic E-state index is 0.199. The molecule has 3 heterocycles. The summed E-state index contributed by atoms with van der Waals surface area (Å²) in [5, 5.41) is 14.4. The molecular formula is C26H29FN4O3. The van der Waals surface area contributed by atoms with E-state index >= 15 is 0 Å². The van der Waals surface area contributed by atoms with Crippen molar-refractivity contribution in [1.29, 1.82) is 0 Å². The second-order valence-corrected chi connectivity index (χ2v) is 9.98. The minimum Gasteiger partial charge on any atom is -0.497 e. The normalized spacial score (nSPS) is 21.4. The number of anilines is 1. The molecule has 1 aromatic heterocycles. The SMILES string of the molecule is COc1ccc2c3c([nH]c2c1)[C@H](CO)N(C(=O)Nc1ccc(F)cc1)CC31CN(CC2CC2)C1. The Morgan fingerprint density at radius 2 is 1.97 bits per heavy atom. The highest BCUT2D eigenvalue weighted by Gasteiger charge is 2.54. The van der Waals surface area contributed by atoms with E-state index < -0.39 is 6.04 Å². The number of aliphatic hydroxyl groups is 1. The average molecular weight is 465 g/mol. The number of aromatic nitrogens is 1. The standard InChI is InChI=1S/C26H29FN4O3/c1-34-19-8-9-20-21(10-19)29-24-22(12-32)31(25(33)28-18-6-4-17(27)5-7-18)15-26(23(20)24)13-30(14-26)11-16-2-3-16/h4-10,16,22,29,32H,2-3,11-15H2,1H3,(H,28,33)/t22-/m0/s1. The molecule has 2 fully saturated rings. The van der Waals surface area contributed by atoms with Gasteiger partial charge in [-0.2, -0.15) is 0 Å². The number of likely N-dealkylation sites (tertiary alicyclic amines) is 1. The van der Waals surface area contributed by atoms with Gasteiger partial charge in [0, 0.05) is 59.9 Å². The van der Waals surface area contributed by atoms with Gasteiger partial charge in [-0.25, -0.2) is 9.18 Å². The number of carbonyl (C=O) groups excluding carboxylic acids is 1. The van der Waals surface area contributed by atoms with Crippen LogP contribution in [0.25, 0.3) is 10.9 Å². The quantitative estimate of drug-likeness (QED) is 0.536. The lowest BCUT2D eigenvalue weighted by Gasteiger charge is -2.56. The van der Waals surface area contributed by atoms with Crippen LogP contribution >= 0.6 is 0 Å². The number of ether oxygens (including phenoxy) is 1. The second-order valence-electron chi connectivity index (χ2n) is 9.98. The van der Waals surface area contributed by atoms with Crippen LogP contribution in [-0.4, -0.2) is 65.8 Å². The van der Waals surface area contributed by atoms with Gasteiger partial charge in [0.1, 0.15) is 11.6 Å². The molecule has 7 nitrogen and oxygen atoms in total. The van der Waals surface area contributed by atoms with Crippen molar-refractivity contribution in [3.05, 3.63) is 59.5 Å². The van der Waals surface area contributed by atoms with E-state index in [1.54, 1.807) is 24.1 Å². The Bertz CT molecular complexity index is 1230. The van der Waals surface area contributed by atoms with Gasteiger partial charge in [-0.3, -0.25) is 0 Å². The first kappa shape index (κ1) is 21.4. The lowest BCUT2D eigenvalue weighted by Crippen LogP contribution is -2.67. The van der Waals surface area contributed by atoms with Crippen molar-refractivity contribution in [2.45, 2.75) is 24.3 Å². The molecule has 1 saturated carbocycles. The molecule has 178 valence electrons. The molecule has 3 aromatic rings. The Hall–Kier alpha value is -3.10.